The number of carboxylic acid groups (broad SMARTS) is 1. The number of aliphatic carboxylic acids is 1. The minimum Gasteiger partial charge on any atom is -0.492 e. The summed E-state index contributed by atoms with van der Waals surface area (Å²) in [6, 6.07) is 7.17. The molecule has 0 aromatic heterocycles. The van der Waals surface area contributed by atoms with Gasteiger partial charge in [0, 0.05) is 0 Å². The molecule has 1 atom stereocenters. The molecule has 94 valence electrons. The predicted octanol–water partition coefficient (Wildman–Crippen LogP) is 3.47. The zero-order chi connectivity index (χ0) is 12.8. The maximum atomic E-state index is 11.0. The van der Waals surface area contributed by atoms with Gasteiger partial charge in [-0.3, -0.25) is 4.79 Å². The van der Waals surface area contributed by atoms with E-state index in [4.69, 9.17) is 21.4 Å². The van der Waals surface area contributed by atoms with E-state index in [9.17, 15) is 4.79 Å². The number of halogens is 1. The van der Waals surface area contributed by atoms with E-state index >= 15 is 0 Å². The smallest absolute Gasteiger partial charge is 0.306 e. The van der Waals surface area contributed by atoms with Gasteiger partial charge in [0.2, 0.25) is 0 Å². The fourth-order valence-corrected chi connectivity index (χ4v) is 1.79. The van der Waals surface area contributed by atoms with Gasteiger partial charge in [-0.05, 0) is 24.5 Å². The Bertz CT molecular complexity index is 377. The molecule has 0 heterocycles. The number of ether oxygens (including phenoxy) is 1. The van der Waals surface area contributed by atoms with Gasteiger partial charge in [-0.25, -0.2) is 0 Å². The molecule has 0 fully saturated rings. The molecule has 17 heavy (non-hydrogen) atoms. The van der Waals surface area contributed by atoms with Crippen LogP contribution in [-0.4, -0.2) is 17.7 Å². The molecule has 0 spiro atoms. The van der Waals surface area contributed by atoms with Gasteiger partial charge >= 0.3 is 5.97 Å². The largest absolute Gasteiger partial charge is 0.492 e. The number of rotatable bonds is 6. The van der Waals surface area contributed by atoms with E-state index in [1.54, 1.807) is 12.1 Å². The predicted molar refractivity (Wildman–Crippen MR) is 67.5 cm³/mol. The van der Waals surface area contributed by atoms with Crippen LogP contribution in [0.4, 0.5) is 0 Å². The molecule has 0 aliphatic rings. The van der Waals surface area contributed by atoms with Gasteiger partial charge in [-0.15, -0.1) is 0 Å². The van der Waals surface area contributed by atoms with Crippen LogP contribution in [0.3, 0.4) is 0 Å². The lowest BCUT2D eigenvalue weighted by atomic mass is 9.93. The highest BCUT2D eigenvalue weighted by molar-refractivity contribution is 6.32. The van der Waals surface area contributed by atoms with Crippen molar-refractivity contribution in [2.75, 3.05) is 6.61 Å². The molecular formula is C13H17ClO3. The summed E-state index contributed by atoms with van der Waals surface area (Å²) in [5.74, 6) is -0.454. The van der Waals surface area contributed by atoms with Gasteiger partial charge in [0.05, 0.1) is 17.5 Å². The molecule has 0 saturated carbocycles. The Morgan fingerprint density at radius 3 is 2.59 bits per heavy atom. The van der Waals surface area contributed by atoms with E-state index in [2.05, 4.69) is 0 Å². The summed E-state index contributed by atoms with van der Waals surface area (Å²) in [5, 5.41) is 9.56. The first-order chi connectivity index (χ1) is 8.02. The maximum Gasteiger partial charge on any atom is 0.306 e. The number of para-hydroxylation sites is 1. The highest BCUT2D eigenvalue weighted by Gasteiger charge is 2.21. The number of hydrogen-bond acceptors (Lipinski definition) is 2. The Morgan fingerprint density at radius 2 is 2.06 bits per heavy atom. The average molecular weight is 257 g/mol. The Hall–Kier alpha value is -1.22. The molecule has 0 amide bonds. The molecule has 4 heteroatoms. The first-order valence-electron chi connectivity index (χ1n) is 5.62. The molecule has 1 unspecified atom stereocenters. The normalized spacial score (nSPS) is 12.5. The highest BCUT2D eigenvalue weighted by Crippen LogP contribution is 2.24. The zero-order valence-corrected chi connectivity index (χ0v) is 10.8. The van der Waals surface area contributed by atoms with Crippen molar-refractivity contribution in [3.05, 3.63) is 29.3 Å². The monoisotopic (exact) mass is 256 g/mol. The van der Waals surface area contributed by atoms with Gasteiger partial charge in [-0.1, -0.05) is 37.6 Å². The van der Waals surface area contributed by atoms with Crippen molar-refractivity contribution in [3.63, 3.8) is 0 Å². The molecule has 0 aliphatic heterocycles. The van der Waals surface area contributed by atoms with Crippen molar-refractivity contribution < 1.29 is 14.6 Å². The van der Waals surface area contributed by atoms with Crippen LogP contribution in [-0.2, 0) is 4.79 Å². The van der Waals surface area contributed by atoms with E-state index in [0.717, 1.165) is 0 Å². The number of carbonyl (C=O) groups is 1. The molecule has 1 rings (SSSR count). The van der Waals surface area contributed by atoms with Crippen molar-refractivity contribution in [2.45, 2.75) is 20.3 Å². The van der Waals surface area contributed by atoms with Gasteiger partial charge in [0.1, 0.15) is 5.75 Å². The lowest BCUT2D eigenvalue weighted by Crippen LogP contribution is -2.22. The Labute approximate surface area is 106 Å². The summed E-state index contributed by atoms with van der Waals surface area (Å²) in [5.41, 5.74) is 0. The molecule has 0 aliphatic carbocycles. The van der Waals surface area contributed by atoms with Gasteiger partial charge in [0.15, 0.2) is 0 Å². The number of benzene rings is 1. The van der Waals surface area contributed by atoms with Gasteiger partial charge in [0.25, 0.3) is 0 Å². The number of carboxylic acids is 1. The highest BCUT2D eigenvalue weighted by atomic mass is 35.5. The molecule has 1 aromatic rings. The van der Waals surface area contributed by atoms with E-state index in [1.165, 1.54) is 0 Å². The van der Waals surface area contributed by atoms with Crippen LogP contribution in [0.5, 0.6) is 5.75 Å². The number of hydrogen-bond donors (Lipinski definition) is 1. The van der Waals surface area contributed by atoms with E-state index < -0.39 is 5.97 Å². The SMILES string of the molecule is CC(C)C(CCOc1ccccc1Cl)C(=O)O. The van der Waals surface area contributed by atoms with Gasteiger partial charge < -0.3 is 9.84 Å². The Kier molecular flexibility index (Phi) is 5.29. The second-order valence-corrected chi connectivity index (χ2v) is 4.66. The quantitative estimate of drug-likeness (QED) is 0.848. The van der Waals surface area contributed by atoms with Crippen LogP contribution in [0.25, 0.3) is 0 Å². The summed E-state index contributed by atoms with van der Waals surface area (Å²) in [4.78, 5) is 11.0. The van der Waals surface area contributed by atoms with E-state index in [-0.39, 0.29) is 11.8 Å². The summed E-state index contributed by atoms with van der Waals surface area (Å²) in [6.45, 7) is 4.15. The van der Waals surface area contributed by atoms with Crippen LogP contribution < -0.4 is 4.74 Å². The minimum atomic E-state index is -0.775. The van der Waals surface area contributed by atoms with Crippen LogP contribution in [0.1, 0.15) is 20.3 Å². The topological polar surface area (TPSA) is 46.5 Å². The van der Waals surface area contributed by atoms with Crippen molar-refractivity contribution >= 4 is 17.6 Å². The molecule has 0 saturated heterocycles. The van der Waals surface area contributed by atoms with Crippen LogP contribution in [0, 0.1) is 11.8 Å². The third-order valence-electron chi connectivity index (χ3n) is 2.65. The van der Waals surface area contributed by atoms with Crippen LogP contribution in [0.15, 0.2) is 24.3 Å². The third kappa shape index (κ3) is 4.27. The fraction of sp³-hybridized carbons (Fsp3) is 0.462. The molecule has 1 N–H and O–H groups in total. The lowest BCUT2D eigenvalue weighted by molar-refractivity contribution is -0.143. The van der Waals surface area contributed by atoms with Crippen molar-refractivity contribution in [1.29, 1.82) is 0 Å². The Morgan fingerprint density at radius 1 is 1.41 bits per heavy atom. The van der Waals surface area contributed by atoms with E-state index in [1.807, 2.05) is 26.0 Å². The summed E-state index contributed by atoms with van der Waals surface area (Å²) in [7, 11) is 0. The third-order valence-corrected chi connectivity index (χ3v) is 2.96. The van der Waals surface area contributed by atoms with E-state index in [0.29, 0.717) is 23.8 Å². The second-order valence-electron chi connectivity index (χ2n) is 4.26. The fourth-order valence-electron chi connectivity index (χ4n) is 1.60. The molecule has 0 radical (unpaired) electrons. The second kappa shape index (κ2) is 6.50. The lowest BCUT2D eigenvalue weighted by Gasteiger charge is -2.16. The van der Waals surface area contributed by atoms with Crippen molar-refractivity contribution in [1.82, 2.24) is 0 Å². The van der Waals surface area contributed by atoms with Crippen LogP contribution >= 0.6 is 11.6 Å². The first-order valence-corrected chi connectivity index (χ1v) is 6.00. The molecule has 3 nitrogen and oxygen atoms in total. The Balaban J connectivity index is 2.47. The van der Waals surface area contributed by atoms with Crippen LogP contribution in [0.2, 0.25) is 5.02 Å². The van der Waals surface area contributed by atoms with Gasteiger partial charge in [-0.2, -0.15) is 0 Å². The van der Waals surface area contributed by atoms with Crippen molar-refractivity contribution in [2.24, 2.45) is 11.8 Å². The van der Waals surface area contributed by atoms with Crippen molar-refractivity contribution in [3.8, 4) is 5.75 Å². The summed E-state index contributed by atoms with van der Waals surface area (Å²) < 4.78 is 5.47. The average Bonchev–Trinajstić information content (AvgIpc) is 2.25. The standard InChI is InChI=1S/C13H17ClO3/c1-9(2)10(13(15)16)7-8-17-12-6-4-3-5-11(12)14/h3-6,9-10H,7-8H2,1-2H3,(H,15,16). The zero-order valence-electron chi connectivity index (χ0n) is 10.0. The molecule has 1 aromatic carbocycles. The molecular weight excluding hydrogens is 240 g/mol. The summed E-state index contributed by atoms with van der Waals surface area (Å²) in [6.07, 6.45) is 0.484. The first kappa shape index (κ1) is 13.8. The summed E-state index contributed by atoms with van der Waals surface area (Å²) >= 11 is 5.92. The molecule has 0 bridgehead atoms. The minimum absolute atomic E-state index is 0.0994. The maximum absolute atomic E-state index is 11.0.